The topological polar surface area (TPSA) is 34.1 Å². The molecule has 0 radical (unpaired) electrons. The number of halogens is 1. The number of carbonyl (C=O) groups excluding carboxylic acids is 2. The van der Waals surface area contributed by atoms with Crippen molar-refractivity contribution in [2.45, 2.75) is 90.9 Å². The van der Waals surface area contributed by atoms with Crippen LogP contribution in [0.3, 0.4) is 0 Å². The quantitative estimate of drug-likeness (QED) is 0.310. The lowest BCUT2D eigenvalue weighted by Crippen LogP contribution is -2.15. The summed E-state index contributed by atoms with van der Waals surface area (Å²) in [6.07, 6.45) is 16.2. The van der Waals surface area contributed by atoms with E-state index < -0.39 is 0 Å². The van der Waals surface area contributed by atoms with Crippen LogP contribution in [-0.2, 0) is 9.59 Å². The van der Waals surface area contributed by atoms with Gasteiger partial charge in [-0.15, -0.1) is 0 Å². The number of unbranched alkanes of at least 4 members (excludes halogenated alkanes) is 10. The Kier molecular flexibility index (Phi) is 10.2. The Morgan fingerprint density at radius 1 is 0.826 bits per heavy atom. The van der Waals surface area contributed by atoms with Crippen molar-refractivity contribution in [1.82, 2.24) is 0 Å². The van der Waals surface area contributed by atoms with Gasteiger partial charge in [-0.05, 0) is 25.8 Å². The van der Waals surface area contributed by atoms with E-state index >= 15 is 0 Å². The van der Waals surface area contributed by atoms with Gasteiger partial charge in [0.25, 0.3) is 0 Å². The van der Waals surface area contributed by atoms with Crippen LogP contribution < -0.4 is 0 Å². The Hall–Kier alpha value is -0.890. The monoisotopic (exact) mass is 338 g/mol. The van der Waals surface area contributed by atoms with Crippen molar-refractivity contribution < 1.29 is 9.59 Å². The van der Waals surface area contributed by atoms with E-state index in [-0.39, 0.29) is 16.6 Å². The highest BCUT2D eigenvalue weighted by Gasteiger charge is 2.23. The molecule has 1 aliphatic rings. The third-order valence-electron chi connectivity index (χ3n) is 4.54. The first kappa shape index (κ1) is 20.2. The lowest BCUT2D eigenvalue weighted by molar-refractivity contribution is -0.115. The van der Waals surface area contributed by atoms with Crippen molar-refractivity contribution >= 4 is 23.2 Å². The van der Waals surface area contributed by atoms with Crippen LogP contribution in [0.2, 0.25) is 0 Å². The average Bonchev–Trinajstić information content (AvgIpc) is 2.55. The summed E-state index contributed by atoms with van der Waals surface area (Å²) in [5.41, 5.74) is 0.959. The molecule has 0 bridgehead atoms. The first-order chi connectivity index (χ1) is 11.1. The van der Waals surface area contributed by atoms with E-state index in [1.807, 2.05) is 0 Å². The van der Waals surface area contributed by atoms with Crippen LogP contribution in [0.5, 0.6) is 0 Å². The van der Waals surface area contributed by atoms with Crippen LogP contribution >= 0.6 is 11.6 Å². The summed E-state index contributed by atoms with van der Waals surface area (Å²) < 4.78 is 0. The predicted octanol–water partition coefficient (Wildman–Crippen LogP) is 6.28. The molecule has 0 atom stereocenters. The third-order valence-corrected chi connectivity index (χ3v) is 5.00. The van der Waals surface area contributed by atoms with Gasteiger partial charge in [0.15, 0.2) is 5.78 Å². The smallest absolute Gasteiger partial charge is 0.200 e. The molecule has 0 heterocycles. The Morgan fingerprint density at radius 2 is 1.30 bits per heavy atom. The highest BCUT2D eigenvalue weighted by Crippen LogP contribution is 2.25. The van der Waals surface area contributed by atoms with Crippen molar-refractivity contribution in [1.29, 1.82) is 0 Å². The van der Waals surface area contributed by atoms with Crippen molar-refractivity contribution in [3.8, 4) is 0 Å². The highest BCUT2D eigenvalue weighted by atomic mass is 35.5. The molecule has 0 fully saturated rings. The second-order valence-corrected chi connectivity index (χ2v) is 6.97. The van der Waals surface area contributed by atoms with E-state index in [9.17, 15) is 9.59 Å². The lowest BCUT2D eigenvalue weighted by Gasteiger charge is -2.12. The minimum Gasteiger partial charge on any atom is -0.290 e. The Balaban J connectivity index is 2.05. The average molecular weight is 339 g/mol. The number of ketones is 2. The fourth-order valence-electron chi connectivity index (χ4n) is 2.92. The van der Waals surface area contributed by atoms with Gasteiger partial charge in [0.05, 0.1) is 5.03 Å². The van der Waals surface area contributed by atoms with E-state index in [1.165, 1.54) is 63.9 Å². The number of allylic oxidation sites excluding steroid dienone is 4. The van der Waals surface area contributed by atoms with E-state index in [0.717, 1.165) is 12.8 Å². The molecule has 0 saturated carbocycles. The van der Waals surface area contributed by atoms with Crippen molar-refractivity contribution in [2.24, 2.45) is 0 Å². The van der Waals surface area contributed by atoms with Crippen LogP contribution in [0.4, 0.5) is 0 Å². The van der Waals surface area contributed by atoms with Gasteiger partial charge in [-0.3, -0.25) is 9.59 Å². The first-order valence-corrected chi connectivity index (χ1v) is 9.61. The molecule has 1 rings (SSSR count). The molecule has 0 aliphatic heterocycles. The summed E-state index contributed by atoms with van der Waals surface area (Å²) >= 11 is 5.92. The van der Waals surface area contributed by atoms with Gasteiger partial charge in [0.1, 0.15) is 0 Å². The fourth-order valence-corrected chi connectivity index (χ4v) is 3.13. The zero-order valence-electron chi connectivity index (χ0n) is 14.8. The number of Topliss-reactive ketones (excluding diaryl/α,β-unsaturated/α-hetero) is 1. The maximum absolute atomic E-state index is 12.0. The van der Waals surface area contributed by atoms with E-state index in [2.05, 4.69) is 6.92 Å². The summed E-state index contributed by atoms with van der Waals surface area (Å²) in [5.74, 6) is -0.275. The van der Waals surface area contributed by atoms with Crippen LogP contribution in [0.25, 0.3) is 0 Å². The van der Waals surface area contributed by atoms with Gasteiger partial charge in [-0.25, -0.2) is 0 Å². The molecule has 3 heteroatoms. The maximum atomic E-state index is 12.0. The molecular weight excluding hydrogens is 308 g/mol. The molecule has 0 N–H and O–H groups in total. The second-order valence-electron chi connectivity index (χ2n) is 6.59. The normalized spacial score (nSPS) is 15.3. The van der Waals surface area contributed by atoms with Gasteiger partial charge in [0, 0.05) is 11.1 Å². The number of hydrogen-bond acceptors (Lipinski definition) is 2. The third kappa shape index (κ3) is 7.48. The van der Waals surface area contributed by atoms with Crippen molar-refractivity contribution in [3.05, 3.63) is 22.3 Å². The van der Waals surface area contributed by atoms with Gasteiger partial charge < -0.3 is 0 Å². The Labute approximate surface area is 146 Å². The predicted molar refractivity (Wildman–Crippen MR) is 97.7 cm³/mol. The molecule has 0 amide bonds. The van der Waals surface area contributed by atoms with E-state index in [0.29, 0.717) is 17.6 Å². The molecule has 0 unspecified atom stereocenters. The molecular formula is C20H31ClO2. The summed E-state index contributed by atoms with van der Waals surface area (Å²) in [6.45, 7) is 3.86. The molecule has 0 aromatic rings. The Bertz CT molecular complexity index is 460. The molecule has 0 spiro atoms. The molecule has 0 aromatic heterocycles. The van der Waals surface area contributed by atoms with Gasteiger partial charge in [-0.2, -0.15) is 0 Å². The molecule has 2 nitrogen and oxygen atoms in total. The van der Waals surface area contributed by atoms with E-state index in [1.54, 1.807) is 6.92 Å². The second kappa shape index (κ2) is 11.6. The highest BCUT2D eigenvalue weighted by molar-refractivity contribution is 6.48. The Morgan fingerprint density at radius 3 is 1.83 bits per heavy atom. The van der Waals surface area contributed by atoms with Gasteiger partial charge in [0.2, 0.25) is 5.78 Å². The zero-order chi connectivity index (χ0) is 17.1. The number of carbonyl (C=O) groups is 2. The van der Waals surface area contributed by atoms with Crippen LogP contribution in [0, 0.1) is 0 Å². The molecule has 0 saturated heterocycles. The summed E-state index contributed by atoms with van der Waals surface area (Å²) in [5, 5.41) is 0.107. The molecule has 0 aromatic carbocycles. The maximum Gasteiger partial charge on any atom is 0.200 e. The molecule has 23 heavy (non-hydrogen) atoms. The van der Waals surface area contributed by atoms with Crippen molar-refractivity contribution in [2.75, 3.05) is 0 Å². The standard InChI is InChI=1S/C20H31ClO2/c1-3-4-5-6-7-8-9-10-11-12-13-14-17-15-18(22)16(2)19(21)20(17)23/h15H,3-14H2,1-2H3. The van der Waals surface area contributed by atoms with Gasteiger partial charge in [-0.1, -0.05) is 82.7 Å². The fraction of sp³-hybridized carbons (Fsp3) is 0.700. The summed E-state index contributed by atoms with van der Waals surface area (Å²) in [4.78, 5) is 23.7. The summed E-state index contributed by atoms with van der Waals surface area (Å²) in [7, 11) is 0. The van der Waals surface area contributed by atoms with Crippen LogP contribution in [-0.4, -0.2) is 11.6 Å². The largest absolute Gasteiger partial charge is 0.290 e. The lowest BCUT2D eigenvalue weighted by atomic mass is 9.93. The van der Waals surface area contributed by atoms with Crippen molar-refractivity contribution in [3.63, 3.8) is 0 Å². The SMILES string of the molecule is CCCCCCCCCCCCCC1=CC(=O)C(C)=C(Cl)C1=O. The van der Waals surface area contributed by atoms with Crippen LogP contribution in [0.15, 0.2) is 22.3 Å². The first-order valence-electron chi connectivity index (χ1n) is 9.24. The minimum atomic E-state index is -0.157. The molecule has 1 aliphatic carbocycles. The summed E-state index contributed by atoms with van der Waals surface area (Å²) in [6, 6.07) is 0. The minimum absolute atomic E-state index is 0.107. The van der Waals surface area contributed by atoms with E-state index in [4.69, 9.17) is 11.6 Å². The van der Waals surface area contributed by atoms with Crippen LogP contribution in [0.1, 0.15) is 90.9 Å². The van der Waals surface area contributed by atoms with Gasteiger partial charge >= 0.3 is 0 Å². The molecule has 130 valence electrons. The number of rotatable bonds is 12. The number of hydrogen-bond donors (Lipinski definition) is 0. The zero-order valence-corrected chi connectivity index (χ0v) is 15.5.